The van der Waals surface area contributed by atoms with Gasteiger partial charge in [-0.3, -0.25) is 4.79 Å². The fourth-order valence-corrected chi connectivity index (χ4v) is 1.22. The third-order valence-corrected chi connectivity index (χ3v) is 2.11. The van der Waals surface area contributed by atoms with Gasteiger partial charge in [0.2, 0.25) is 5.91 Å². The van der Waals surface area contributed by atoms with Crippen LogP contribution >= 0.6 is 0 Å². The van der Waals surface area contributed by atoms with E-state index in [9.17, 15) is 4.79 Å². The zero-order chi connectivity index (χ0) is 11.3. The molecule has 15 heavy (non-hydrogen) atoms. The molecule has 0 bridgehead atoms. The van der Waals surface area contributed by atoms with E-state index in [2.05, 4.69) is 5.32 Å². The lowest BCUT2D eigenvalue weighted by Gasteiger charge is -2.17. The fraction of sp³-hybridized carbons (Fsp3) is 0.364. The van der Waals surface area contributed by atoms with Crippen molar-refractivity contribution in [3.05, 3.63) is 35.9 Å². The number of aliphatic hydroxyl groups is 1. The van der Waals surface area contributed by atoms with Gasteiger partial charge in [-0.25, -0.2) is 0 Å². The van der Waals surface area contributed by atoms with E-state index in [1.165, 1.54) is 0 Å². The van der Waals surface area contributed by atoms with Gasteiger partial charge in [-0.05, 0) is 12.5 Å². The summed E-state index contributed by atoms with van der Waals surface area (Å²) in [5, 5.41) is 11.8. The van der Waals surface area contributed by atoms with E-state index >= 15 is 0 Å². The van der Waals surface area contributed by atoms with Gasteiger partial charge in [0.05, 0.1) is 18.7 Å². The second-order valence-corrected chi connectivity index (χ2v) is 3.44. The molecule has 4 heteroatoms. The Labute approximate surface area is 89.1 Å². The van der Waals surface area contributed by atoms with E-state index in [1.807, 2.05) is 30.3 Å². The zero-order valence-electron chi connectivity index (χ0n) is 8.68. The lowest BCUT2D eigenvalue weighted by atomic mass is 10.1. The Morgan fingerprint density at radius 2 is 2.07 bits per heavy atom. The topological polar surface area (TPSA) is 75.4 Å². The first-order chi connectivity index (χ1) is 7.15. The second kappa shape index (κ2) is 5.48. The monoisotopic (exact) mass is 208 g/mol. The average Bonchev–Trinajstić information content (AvgIpc) is 2.26. The molecular weight excluding hydrogens is 192 g/mol. The number of carbonyl (C=O) groups excluding carboxylic acids is 1. The number of aliphatic hydroxyl groups excluding tert-OH is 1. The molecule has 0 spiro atoms. The van der Waals surface area contributed by atoms with Crippen molar-refractivity contribution in [2.45, 2.75) is 19.0 Å². The number of benzene rings is 1. The number of carbonyl (C=O) groups is 1. The highest BCUT2D eigenvalue weighted by Crippen LogP contribution is 2.11. The summed E-state index contributed by atoms with van der Waals surface area (Å²) in [4.78, 5) is 11.3. The Morgan fingerprint density at radius 3 is 2.53 bits per heavy atom. The Balaban J connectivity index is 2.69. The summed E-state index contributed by atoms with van der Waals surface area (Å²) in [5.74, 6) is -0.266. The van der Waals surface area contributed by atoms with Gasteiger partial charge in [-0.15, -0.1) is 0 Å². The summed E-state index contributed by atoms with van der Waals surface area (Å²) in [5.41, 5.74) is 6.29. The molecule has 0 aliphatic rings. The van der Waals surface area contributed by atoms with Crippen LogP contribution in [0.15, 0.2) is 30.3 Å². The van der Waals surface area contributed by atoms with Gasteiger partial charge >= 0.3 is 0 Å². The predicted octanol–water partition coefficient (Wildman–Crippen LogP) is 0.183. The smallest absolute Gasteiger partial charge is 0.237 e. The number of nitrogens with two attached hydrogens (primary N) is 1. The van der Waals surface area contributed by atoms with E-state index in [0.717, 1.165) is 5.56 Å². The van der Waals surface area contributed by atoms with E-state index in [0.29, 0.717) is 0 Å². The number of hydrogen-bond donors (Lipinski definition) is 3. The van der Waals surface area contributed by atoms with Crippen molar-refractivity contribution >= 4 is 5.91 Å². The van der Waals surface area contributed by atoms with E-state index in [-0.39, 0.29) is 18.6 Å². The molecule has 1 aromatic rings. The maximum atomic E-state index is 11.3. The molecule has 0 aliphatic heterocycles. The number of nitrogens with one attached hydrogen (secondary N) is 1. The van der Waals surface area contributed by atoms with Crippen LogP contribution in [0.5, 0.6) is 0 Å². The lowest BCUT2D eigenvalue weighted by molar-refractivity contribution is -0.123. The van der Waals surface area contributed by atoms with Crippen LogP contribution < -0.4 is 11.1 Å². The standard InChI is InChI=1S/C11H16N2O2/c1-8(12)11(15)13-10(7-14)9-5-3-2-4-6-9/h2-6,8,10,14H,7,12H2,1H3,(H,13,15)/t8-,10+/m1/s1. The average molecular weight is 208 g/mol. The van der Waals surface area contributed by atoms with E-state index < -0.39 is 6.04 Å². The number of amides is 1. The molecule has 4 nitrogen and oxygen atoms in total. The van der Waals surface area contributed by atoms with Crippen LogP contribution in [0.2, 0.25) is 0 Å². The number of hydrogen-bond acceptors (Lipinski definition) is 3. The SMILES string of the molecule is C[C@@H](N)C(=O)N[C@@H](CO)c1ccccc1. The van der Waals surface area contributed by atoms with Crippen LogP contribution in [-0.2, 0) is 4.79 Å². The third kappa shape index (κ3) is 3.34. The van der Waals surface area contributed by atoms with Crippen molar-refractivity contribution in [2.24, 2.45) is 5.73 Å². The van der Waals surface area contributed by atoms with E-state index in [1.54, 1.807) is 6.92 Å². The van der Waals surface area contributed by atoms with Crippen molar-refractivity contribution < 1.29 is 9.90 Å². The molecule has 1 amide bonds. The van der Waals surface area contributed by atoms with Gasteiger partial charge in [-0.2, -0.15) is 0 Å². The normalized spacial score (nSPS) is 14.3. The summed E-state index contributed by atoms with van der Waals surface area (Å²) >= 11 is 0. The van der Waals surface area contributed by atoms with Crippen molar-refractivity contribution in [1.82, 2.24) is 5.32 Å². The molecule has 0 radical (unpaired) electrons. The molecule has 1 rings (SSSR count). The molecule has 2 atom stereocenters. The first kappa shape index (κ1) is 11.7. The van der Waals surface area contributed by atoms with Crippen LogP contribution in [0.1, 0.15) is 18.5 Å². The summed E-state index contributed by atoms with van der Waals surface area (Å²) in [6, 6.07) is 8.34. The Bertz CT molecular complexity index is 312. The van der Waals surface area contributed by atoms with Crippen molar-refractivity contribution in [2.75, 3.05) is 6.61 Å². The summed E-state index contributed by atoms with van der Waals surface area (Å²) in [6.45, 7) is 1.47. The van der Waals surface area contributed by atoms with Gasteiger partial charge in [0, 0.05) is 0 Å². The Hall–Kier alpha value is -1.39. The van der Waals surface area contributed by atoms with Gasteiger partial charge in [-0.1, -0.05) is 30.3 Å². The van der Waals surface area contributed by atoms with Gasteiger partial charge in [0.15, 0.2) is 0 Å². The fourth-order valence-electron chi connectivity index (χ4n) is 1.22. The molecule has 82 valence electrons. The summed E-state index contributed by atoms with van der Waals surface area (Å²) in [7, 11) is 0. The molecule has 0 unspecified atom stereocenters. The van der Waals surface area contributed by atoms with Gasteiger partial charge < -0.3 is 16.2 Å². The largest absolute Gasteiger partial charge is 0.394 e. The molecule has 0 aromatic heterocycles. The van der Waals surface area contributed by atoms with Crippen LogP contribution in [0, 0.1) is 0 Å². The highest BCUT2D eigenvalue weighted by molar-refractivity contribution is 5.81. The van der Waals surface area contributed by atoms with Crippen molar-refractivity contribution in [1.29, 1.82) is 0 Å². The Kier molecular flexibility index (Phi) is 4.27. The number of rotatable bonds is 4. The molecule has 0 aliphatic carbocycles. The zero-order valence-corrected chi connectivity index (χ0v) is 8.68. The molecule has 0 fully saturated rings. The van der Waals surface area contributed by atoms with Crippen molar-refractivity contribution in [3.63, 3.8) is 0 Å². The quantitative estimate of drug-likeness (QED) is 0.661. The molecular formula is C11H16N2O2. The molecule has 0 saturated carbocycles. The maximum absolute atomic E-state index is 11.3. The predicted molar refractivity (Wildman–Crippen MR) is 58.1 cm³/mol. The highest BCUT2D eigenvalue weighted by atomic mass is 16.3. The third-order valence-electron chi connectivity index (χ3n) is 2.11. The first-order valence-electron chi connectivity index (χ1n) is 4.87. The van der Waals surface area contributed by atoms with Crippen LogP contribution in [0.3, 0.4) is 0 Å². The van der Waals surface area contributed by atoms with Crippen LogP contribution in [0.25, 0.3) is 0 Å². The molecule has 1 aromatic carbocycles. The van der Waals surface area contributed by atoms with Crippen LogP contribution in [-0.4, -0.2) is 23.7 Å². The van der Waals surface area contributed by atoms with Gasteiger partial charge in [0.25, 0.3) is 0 Å². The second-order valence-electron chi connectivity index (χ2n) is 3.44. The van der Waals surface area contributed by atoms with Gasteiger partial charge in [0.1, 0.15) is 0 Å². The highest BCUT2D eigenvalue weighted by Gasteiger charge is 2.15. The molecule has 0 heterocycles. The summed E-state index contributed by atoms with van der Waals surface area (Å²) in [6.07, 6.45) is 0. The van der Waals surface area contributed by atoms with Crippen molar-refractivity contribution in [3.8, 4) is 0 Å². The minimum absolute atomic E-state index is 0.136. The molecule has 4 N–H and O–H groups in total. The summed E-state index contributed by atoms with van der Waals surface area (Å²) < 4.78 is 0. The maximum Gasteiger partial charge on any atom is 0.237 e. The minimum atomic E-state index is -0.567. The Morgan fingerprint density at radius 1 is 1.47 bits per heavy atom. The first-order valence-corrected chi connectivity index (χ1v) is 4.87. The van der Waals surface area contributed by atoms with E-state index in [4.69, 9.17) is 10.8 Å². The minimum Gasteiger partial charge on any atom is -0.394 e. The van der Waals surface area contributed by atoms with Crippen LogP contribution in [0.4, 0.5) is 0 Å². The lowest BCUT2D eigenvalue weighted by Crippen LogP contribution is -2.41. The molecule has 0 saturated heterocycles.